The molecule has 0 aromatic heterocycles. The average Bonchev–Trinajstić information content (AvgIpc) is 2.33. The summed E-state index contributed by atoms with van der Waals surface area (Å²) in [6, 6.07) is 8.44. The summed E-state index contributed by atoms with van der Waals surface area (Å²) < 4.78 is 0. The first-order valence-corrected chi connectivity index (χ1v) is 7.24. The third kappa shape index (κ3) is 3.69. The Morgan fingerprint density at radius 2 is 2.00 bits per heavy atom. The molecule has 2 heteroatoms. The van der Waals surface area contributed by atoms with E-state index in [1.54, 1.807) is 0 Å². The molecule has 1 aromatic carbocycles. The van der Waals surface area contributed by atoms with Crippen LogP contribution >= 0.6 is 0 Å². The molecule has 0 saturated heterocycles. The highest BCUT2D eigenvalue weighted by Gasteiger charge is 2.23. The fourth-order valence-corrected chi connectivity index (χ4v) is 2.53. The Labute approximate surface area is 115 Å². The fraction of sp³-hybridized carbons (Fsp3) is 0.471. The summed E-state index contributed by atoms with van der Waals surface area (Å²) in [5, 5.41) is 9.01. The van der Waals surface area contributed by atoms with Gasteiger partial charge in [0.05, 0.1) is 0 Å². The van der Waals surface area contributed by atoms with Crippen LogP contribution < -0.4 is 0 Å². The molecule has 0 aliphatic heterocycles. The average molecular weight is 258 g/mol. The van der Waals surface area contributed by atoms with Crippen molar-refractivity contribution in [2.24, 2.45) is 5.92 Å². The lowest BCUT2D eigenvalue weighted by molar-refractivity contribution is -0.131. The van der Waals surface area contributed by atoms with E-state index in [1.165, 1.54) is 30.9 Å². The van der Waals surface area contributed by atoms with Gasteiger partial charge in [-0.2, -0.15) is 0 Å². The van der Waals surface area contributed by atoms with Crippen molar-refractivity contribution >= 4 is 11.5 Å². The molecule has 2 nitrogen and oxygen atoms in total. The topological polar surface area (TPSA) is 37.3 Å². The fourth-order valence-electron chi connectivity index (χ4n) is 2.53. The third-order valence-corrected chi connectivity index (χ3v) is 3.93. The maximum Gasteiger partial charge on any atom is 0.328 e. The molecule has 0 heterocycles. The van der Waals surface area contributed by atoms with Gasteiger partial charge in [-0.15, -0.1) is 0 Å². The van der Waals surface area contributed by atoms with Crippen molar-refractivity contribution in [1.29, 1.82) is 0 Å². The van der Waals surface area contributed by atoms with Crippen LogP contribution in [0.4, 0.5) is 0 Å². The Balaban J connectivity index is 2.15. The number of unbranched alkanes of at least 4 members (excludes halogenated alkanes) is 1. The quantitative estimate of drug-likeness (QED) is 0.772. The first-order valence-electron chi connectivity index (χ1n) is 7.24. The third-order valence-electron chi connectivity index (χ3n) is 3.93. The van der Waals surface area contributed by atoms with Gasteiger partial charge in [-0.3, -0.25) is 0 Å². The van der Waals surface area contributed by atoms with Gasteiger partial charge in [0.2, 0.25) is 0 Å². The second-order valence-electron chi connectivity index (χ2n) is 5.37. The maximum atomic E-state index is 11.0. The molecule has 0 spiro atoms. The molecule has 0 atom stereocenters. The SMILES string of the molecule is CCCCc1ccc(/C(=C/C(=O)O)C2CCC2)cc1. The van der Waals surface area contributed by atoms with Gasteiger partial charge in [0.15, 0.2) is 0 Å². The molecule has 1 N–H and O–H groups in total. The molecule has 0 amide bonds. The molecule has 102 valence electrons. The standard InChI is InChI=1S/C17H22O2/c1-2-3-5-13-8-10-15(11-9-13)16(12-17(18)19)14-6-4-7-14/h8-12,14H,2-7H2,1H3,(H,18,19)/b16-12+. The largest absolute Gasteiger partial charge is 0.478 e. The van der Waals surface area contributed by atoms with E-state index in [0.717, 1.165) is 30.4 Å². The van der Waals surface area contributed by atoms with Crippen LogP contribution in [0.1, 0.15) is 50.2 Å². The molecule has 1 aromatic rings. The number of carboxylic acid groups (broad SMARTS) is 1. The van der Waals surface area contributed by atoms with Gasteiger partial charge in [0.25, 0.3) is 0 Å². The van der Waals surface area contributed by atoms with Gasteiger partial charge in [-0.25, -0.2) is 4.79 Å². The monoisotopic (exact) mass is 258 g/mol. The van der Waals surface area contributed by atoms with Gasteiger partial charge in [-0.1, -0.05) is 44.0 Å². The van der Waals surface area contributed by atoms with Crippen molar-refractivity contribution in [1.82, 2.24) is 0 Å². The molecular weight excluding hydrogens is 236 g/mol. The summed E-state index contributed by atoms with van der Waals surface area (Å²) in [6.07, 6.45) is 8.38. The van der Waals surface area contributed by atoms with Crippen molar-refractivity contribution in [2.75, 3.05) is 0 Å². The van der Waals surface area contributed by atoms with Crippen molar-refractivity contribution in [3.05, 3.63) is 41.5 Å². The highest BCUT2D eigenvalue weighted by molar-refractivity contribution is 5.90. The minimum absolute atomic E-state index is 0.442. The zero-order valence-electron chi connectivity index (χ0n) is 11.6. The van der Waals surface area contributed by atoms with Crippen LogP contribution in [-0.2, 0) is 11.2 Å². The normalized spacial score (nSPS) is 16.2. The van der Waals surface area contributed by atoms with E-state index in [9.17, 15) is 4.79 Å². The van der Waals surface area contributed by atoms with Crippen LogP contribution in [0.15, 0.2) is 30.3 Å². The summed E-state index contributed by atoms with van der Waals surface area (Å²) >= 11 is 0. The Bertz CT molecular complexity index is 453. The molecule has 0 unspecified atom stereocenters. The molecular formula is C17H22O2. The number of carbonyl (C=O) groups is 1. The second kappa shape index (κ2) is 6.55. The lowest BCUT2D eigenvalue weighted by atomic mass is 9.77. The van der Waals surface area contributed by atoms with Gasteiger partial charge >= 0.3 is 5.97 Å². The number of carboxylic acids is 1. The number of hydrogen-bond donors (Lipinski definition) is 1. The van der Waals surface area contributed by atoms with Crippen LogP contribution in [0.2, 0.25) is 0 Å². The summed E-state index contributed by atoms with van der Waals surface area (Å²) in [5.41, 5.74) is 3.42. The molecule has 19 heavy (non-hydrogen) atoms. The smallest absolute Gasteiger partial charge is 0.328 e. The maximum absolute atomic E-state index is 11.0. The highest BCUT2D eigenvalue weighted by Crippen LogP contribution is 2.38. The van der Waals surface area contributed by atoms with E-state index in [4.69, 9.17) is 5.11 Å². The van der Waals surface area contributed by atoms with Gasteiger partial charge in [0, 0.05) is 6.08 Å². The number of allylic oxidation sites excluding steroid dienone is 1. The second-order valence-corrected chi connectivity index (χ2v) is 5.37. The summed E-state index contributed by atoms with van der Waals surface area (Å²) in [7, 11) is 0. The van der Waals surface area contributed by atoms with Crippen molar-refractivity contribution < 1.29 is 9.90 Å². The van der Waals surface area contributed by atoms with Crippen LogP contribution in [-0.4, -0.2) is 11.1 Å². The zero-order valence-corrected chi connectivity index (χ0v) is 11.6. The summed E-state index contributed by atoms with van der Waals surface area (Å²) in [4.78, 5) is 11.0. The highest BCUT2D eigenvalue weighted by atomic mass is 16.4. The Hall–Kier alpha value is -1.57. The Morgan fingerprint density at radius 1 is 1.32 bits per heavy atom. The number of benzene rings is 1. The van der Waals surface area contributed by atoms with Crippen molar-refractivity contribution in [3.8, 4) is 0 Å². The van der Waals surface area contributed by atoms with Crippen molar-refractivity contribution in [3.63, 3.8) is 0 Å². The molecule has 0 radical (unpaired) electrons. The first kappa shape index (κ1) is 13.9. The lowest BCUT2D eigenvalue weighted by Crippen LogP contribution is -2.14. The van der Waals surface area contributed by atoms with E-state index < -0.39 is 5.97 Å². The van der Waals surface area contributed by atoms with Crippen LogP contribution in [0.3, 0.4) is 0 Å². The summed E-state index contributed by atoms with van der Waals surface area (Å²) in [6.45, 7) is 2.19. The zero-order chi connectivity index (χ0) is 13.7. The van der Waals surface area contributed by atoms with Gasteiger partial charge < -0.3 is 5.11 Å². The number of aliphatic carboxylic acids is 1. The van der Waals surface area contributed by atoms with E-state index >= 15 is 0 Å². The minimum Gasteiger partial charge on any atom is -0.478 e. The molecule has 0 bridgehead atoms. The Morgan fingerprint density at radius 3 is 2.47 bits per heavy atom. The van der Waals surface area contributed by atoms with E-state index in [1.807, 2.05) is 0 Å². The van der Waals surface area contributed by atoms with Crippen LogP contribution in [0, 0.1) is 5.92 Å². The number of aryl methyl sites for hydroxylation is 1. The molecule has 1 fully saturated rings. The molecule has 1 aliphatic rings. The molecule has 2 rings (SSSR count). The van der Waals surface area contributed by atoms with E-state index in [2.05, 4.69) is 31.2 Å². The predicted molar refractivity (Wildman–Crippen MR) is 78.0 cm³/mol. The van der Waals surface area contributed by atoms with Crippen LogP contribution in [0.5, 0.6) is 0 Å². The lowest BCUT2D eigenvalue weighted by Gasteiger charge is -2.28. The molecule has 1 aliphatic carbocycles. The van der Waals surface area contributed by atoms with Gasteiger partial charge in [0.1, 0.15) is 0 Å². The van der Waals surface area contributed by atoms with E-state index in [0.29, 0.717) is 5.92 Å². The minimum atomic E-state index is -0.836. The first-order chi connectivity index (χ1) is 9.20. The van der Waals surface area contributed by atoms with Crippen LogP contribution in [0.25, 0.3) is 5.57 Å². The van der Waals surface area contributed by atoms with Gasteiger partial charge in [-0.05, 0) is 48.3 Å². The van der Waals surface area contributed by atoms with E-state index in [-0.39, 0.29) is 0 Å². The number of hydrogen-bond acceptors (Lipinski definition) is 1. The predicted octanol–water partition coefficient (Wildman–Crippen LogP) is 4.30. The van der Waals surface area contributed by atoms with Crippen molar-refractivity contribution in [2.45, 2.75) is 45.4 Å². The molecule has 1 saturated carbocycles. The summed E-state index contributed by atoms with van der Waals surface area (Å²) in [5.74, 6) is -0.394. The number of rotatable bonds is 6. The Kier molecular flexibility index (Phi) is 4.78.